The second-order valence-corrected chi connectivity index (χ2v) is 19.3. The summed E-state index contributed by atoms with van der Waals surface area (Å²) in [5.74, 6) is -0.533. The minimum atomic E-state index is -1.92. The number of carbonyl (C=O) groups is 3. The molecule has 1 heterocycles. The summed E-state index contributed by atoms with van der Waals surface area (Å²) in [5.41, 5.74) is 1.69. The summed E-state index contributed by atoms with van der Waals surface area (Å²) >= 11 is 6.30. The summed E-state index contributed by atoms with van der Waals surface area (Å²) in [4.78, 5) is 52.3. The van der Waals surface area contributed by atoms with Crippen molar-refractivity contribution in [2.75, 3.05) is 19.5 Å². The lowest BCUT2D eigenvalue weighted by Gasteiger charge is -2.41. The van der Waals surface area contributed by atoms with Gasteiger partial charge in [0.05, 0.1) is 26.0 Å². The number of nitrogens with one attached hydrogen (secondary N) is 1. The Balaban J connectivity index is 1.67. The highest BCUT2D eigenvalue weighted by molar-refractivity contribution is 6.74. The van der Waals surface area contributed by atoms with Gasteiger partial charge in [-0.2, -0.15) is 0 Å². The molecule has 1 saturated carbocycles. The summed E-state index contributed by atoms with van der Waals surface area (Å²) in [5, 5.41) is 3.46. The maximum Gasteiger partial charge on any atom is 0.337 e. The molecule has 0 radical (unpaired) electrons. The largest absolute Gasteiger partial charge is 0.495 e. The minimum Gasteiger partial charge on any atom is -0.495 e. The van der Waals surface area contributed by atoms with E-state index < -0.39 is 25.9 Å². The van der Waals surface area contributed by atoms with Gasteiger partial charge in [-0.1, -0.05) is 32.4 Å². The van der Waals surface area contributed by atoms with Gasteiger partial charge in [0.1, 0.15) is 11.8 Å². The zero-order valence-electron chi connectivity index (χ0n) is 29.1. The van der Waals surface area contributed by atoms with E-state index in [-0.39, 0.29) is 28.8 Å². The molecule has 48 heavy (non-hydrogen) atoms. The van der Waals surface area contributed by atoms with Gasteiger partial charge in [-0.3, -0.25) is 19.0 Å². The molecule has 3 aromatic rings. The van der Waals surface area contributed by atoms with E-state index in [1.165, 1.54) is 31.8 Å². The van der Waals surface area contributed by atoms with E-state index >= 15 is 0 Å². The lowest BCUT2D eigenvalue weighted by Crippen LogP contribution is -2.44. The van der Waals surface area contributed by atoms with Gasteiger partial charge in [0, 0.05) is 34.0 Å². The molecule has 1 N–H and O–H groups in total. The Kier molecular flexibility index (Phi) is 11.8. The van der Waals surface area contributed by atoms with Crippen LogP contribution < -0.4 is 15.6 Å². The van der Waals surface area contributed by atoms with Gasteiger partial charge in [0.25, 0.3) is 5.56 Å². The number of nitrogens with zero attached hydrogens (tertiary/aromatic N) is 1. The van der Waals surface area contributed by atoms with Crippen molar-refractivity contribution in [1.82, 2.24) is 4.57 Å². The Bertz CT molecular complexity index is 1700. The maximum atomic E-state index is 14.0. The van der Waals surface area contributed by atoms with E-state index in [1.807, 2.05) is 0 Å². The van der Waals surface area contributed by atoms with Crippen molar-refractivity contribution in [2.45, 2.75) is 90.1 Å². The standard InChI is InChI=1S/C37H47ClN2O7Si/c1-23(41)29-18-13-26(38)20-30(29)31-21-34(42)40(22-33(31)45-5)32(35(43)39-27-14-11-25(12-15-27)36(44)46-6)19-24-9-16-28(17-10-24)47-48(7,8)37(2,3)4/h11-15,18,20-22,24,28,32H,9-10,16-17,19H2,1-8H3,(H,39,43)/t24-,28-,32?. The van der Waals surface area contributed by atoms with E-state index in [2.05, 4.69) is 39.2 Å². The first-order valence-electron chi connectivity index (χ1n) is 16.3. The van der Waals surface area contributed by atoms with Crippen molar-refractivity contribution in [3.63, 3.8) is 0 Å². The average molecular weight is 695 g/mol. The van der Waals surface area contributed by atoms with Crippen LogP contribution in [0.3, 0.4) is 0 Å². The number of ether oxygens (including phenoxy) is 2. The molecule has 258 valence electrons. The number of hydrogen-bond donors (Lipinski definition) is 1. The van der Waals surface area contributed by atoms with Gasteiger partial charge in [0.2, 0.25) is 5.91 Å². The molecule has 1 aliphatic rings. The SMILES string of the molecule is COC(=O)c1ccc(NC(=O)C(C[C@H]2CC[C@H](O[Si](C)(C)C(C)(C)C)CC2)n2cc(OC)c(-c3cc(Cl)ccc3C(C)=O)cc2=O)cc1. The van der Waals surface area contributed by atoms with Crippen LogP contribution in [-0.4, -0.2) is 50.9 Å². The molecule has 1 unspecified atom stereocenters. The summed E-state index contributed by atoms with van der Waals surface area (Å²) in [6, 6.07) is 11.8. The Morgan fingerprint density at radius 1 is 0.979 bits per heavy atom. The highest BCUT2D eigenvalue weighted by atomic mass is 35.5. The number of rotatable bonds is 11. The molecule has 1 amide bonds. The number of pyridine rings is 1. The average Bonchev–Trinajstić information content (AvgIpc) is 3.03. The molecule has 4 rings (SSSR count). The lowest BCUT2D eigenvalue weighted by molar-refractivity contribution is -0.120. The number of hydrogen-bond acceptors (Lipinski definition) is 7. The van der Waals surface area contributed by atoms with Crippen LogP contribution in [0, 0.1) is 5.92 Å². The molecule has 0 aliphatic heterocycles. The molecule has 1 aliphatic carbocycles. The van der Waals surface area contributed by atoms with E-state index in [9.17, 15) is 19.2 Å². The molecule has 1 atom stereocenters. The summed E-state index contributed by atoms with van der Waals surface area (Å²) in [6.07, 6.45) is 5.66. The highest BCUT2D eigenvalue weighted by Crippen LogP contribution is 2.41. The summed E-state index contributed by atoms with van der Waals surface area (Å²) < 4.78 is 18.6. The van der Waals surface area contributed by atoms with E-state index in [0.29, 0.717) is 45.1 Å². The molecule has 2 aromatic carbocycles. The third-order valence-corrected chi connectivity index (χ3v) is 14.5. The van der Waals surface area contributed by atoms with Gasteiger partial charge in [-0.05, 0) is 111 Å². The molecule has 0 spiro atoms. The molecule has 1 fully saturated rings. The number of ketones is 1. The number of aromatic nitrogens is 1. The fraction of sp³-hybridized carbons (Fsp3) is 0.459. The van der Waals surface area contributed by atoms with E-state index in [4.69, 9.17) is 25.5 Å². The van der Waals surface area contributed by atoms with Crippen LogP contribution in [0.5, 0.6) is 5.75 Å². The van der Waals surface area contributed by atoms with Crippen LogP contribution in [0.15, 0.2) is 59.5 Å². The van der Waals surface area contributed by atoms with Crippen molar-refractivity contribution in [2.24, 2.45) is 5.92 Å². The zero-order valence-corrected chi connectivity index (χ0v) is 30.9. The smallest absolute Gasteiger partial charge is 0.337 e. The molecule has 0 saturated heterocycles. The van der Waals surface area contributed by atoms with Crippen LogP contribution in [0.4, 0.5) is 5.69 Å². The number of anilines is 1. The van der Waals surface area contributed by atoms with Crippen molar-refractivity contribution >= 4 is 43.3 Å². The first kappa shape index (κ1) is 37.1. The zero-order chi connectivity index (χ0) is 35.4. The van der Waals surface area contributed by atoms with Crippen molar-refractivity contribution in [3.05, 3.63) is 81.2 Å². The van der Waals surface area contributed by atoms with Gasteiger partial charge >= 0.3 is 5.97 Å². The fourth-order valence-corrected chi connectivity index (χ4v) is 7.56. The second kappa shape index (κ2) is 15.2. The molecule has 1 aromatic heterocycles. The lowest BCUT2D eigenvalue weighted by atomic mass is 9.83. The van der Waals surface area contributed by atoms with Crippen LogP contribution in [0.25, 0.3) is 11.1 Å². The Morgan fingerprint density at radius 3 is 2.19 bits per heavy atom. The summed E-state index contributed by atoms with van der Waals surface area (Å²) in [7, 11) is 0.863. The number of methoxy groups -OCH3 is 2. The van der Waals surface area contributed by atoms with Gasteiger partial charge in [-0.25, -0.2) is 4.79 Å². The van der Waals surface area contributed by atoms with Crippen LogP contribution in [-0.2, 0) is 14.0 Å². The molecular formula is C37H47ClN2O7Si. The highest BCUT2D eigenvalue weighted by Gasteiger charge is 2.40. The number of amides is 1. The maximum absolute atomic E-state index is 14.0. The number of benzene rings is 2. The first-order chi connectivity index (χ1) is 22.5. The number of esters is 1. The van der Waals surface area contributed by atoms with Gasteiger partial charge < -0.3 is 19.2 Å². The topological polar surface area (TPSA) is 113 Å². The van der Waals surface area contributed by atoms with E-state index in [1.54, 1.807) is 48.7 Å². The fourth-order valence-electron chi connectivity index (χ4n) is 5.97. The third kappa shape index (κ3) is 8.64. The van der Waals surface area contributed by atoms with Crippen LogP contribution >= 0.6 is 11.6 Å². The number of Topliss-reactive ketones (excluding diaryl/α,β-unsaturated/α-hetero) is 1. The Morgan fingerprint density at radius 2 is 1.62 bits per heavy atom. The van der Waals surface area contributed by atoms with Crippen LogP contribution in [0.2, 0.25) is 23.2 Å². The van der Waals surface area contributed by atoms with Crippen molar-refractivity contribution in [1.29, 1.82) is 0 Å². The Labute approximate surface area is 289 Å². The van der Waals surface area contributed by atoms with Gasteiger partial charge in [-0.15, -0.1) is 0 Å². The quantitative estimate of drug-likeness (QED) is 0.122. The normalized spacial score (nSPS) is 17.4. The van der Waals surface area contributed by atoms with Crippen molar-refractivity contribution in [3.8, 4) is 16.9 Å². The minimum absolute atomic E-state index is 0.116. The van der Waals surface area contributed by atoms with E-state index in [0.717, 1.165) is 25.7 Å². The number of halogens is 1. The molecule has 11 heteroatoms. The first-order valence-corrected chi connectivity index (χ1v) is 19.6. The van der Waals surface area contributed by atoms with Crippen LogP contribution in [0.1, 0.15) is 86.6 Å². The third-order valence-electron chi connectivity index (χ3n) is 9.74. The van der Waals surface area contributed by atoms with Crippen molar-refractivity contribution < 1.29 is 28.3 Å². The molecule has 9 nitrogen and oxygen atoms in total. The molecule has 0 bridgehead atoms. The predicted molar refractivity (Wildman–Crippen MR) is 192 cm³/mol. The Hall–Kier alpha value is -3.73. The van der Waals surface area contributed by atoms with Gasteiger partial charge in [0.15, 0.2) is 14.1 Å². The monoisotopic (exact) mass is 694 g/mol. The second-order valence-electron chi connectivity index (χ2n) is 14.1. The summed E-state index contributed by atoms with van der Waals surface area (Å²) in [6.45, 7) is 12.7. The number of carbonyl (C=O) groups excluding carboxylic acids is 3. The predicted octanol–water partition coefficient (Wildman–Crippen LogP) is 8.32. The molecular weight excluding hydrogens is 648 g/mol.